The van der Waals surface area contributed by atoms with Gasteiger partial charge in [-0.05, 0) is 0 Å². The molecule has 0 radical (unpaired) electrons. The van der Waals surface area contributed by atoms with Crippen LogP contribution in [0.25, 0.3) is 34.4 Å². The van der Waals surface area contributed by atoms with Crippen molar-refractivity contribution < 1.29 is 18.0 Å². The summed E-state index contributed by atoms with van der Waals surface area (Å²) in [6.45, 7) is 13.5. The van der Waals surface area contributed by atoms with Gasteiger partial charge in [-0.3, -0.25) is 0 Å². The fraction of sp³-hybridized carbons (Fsp3) is 0.196. The Balaban J connectivity index is 1.48. The summed E-state index contributed by atoms with van der Waals surface area (Å²) in [6, 6.07) is 46.6. The second-order valence-electron chi connectivity index (χ2n) is 16.5. The Morgan fingerprint density at radius 1 is 0.423 bits per heavy atom. The fourth-order valence-corrected chi connectivity index (χ4v) is 35.2. The SMILES string of the molecule is Cc1ccc([C](c2ccc(C)cc2)=[Hf]([CH3])([CH3])([CH]2C=Cc3c(-c4c(C)cccc4C)cccc32)[CH]2C=Cc3c(-c4c(C)cccc4C)cccc32)cc1. The van der Waals surface area contributed by atoms with E-state index in [4.69, 9.17) is 0 Å². The van der Waals surface area contributed by atoms with Crippen LogP contribution in [-0.2, 0) is 18.0 Å². The van der Waals surface area contributed by atoms with Crippen molar-refractivity contribution in [3.05, 3.63) is 200 Å². The molecule has 0 aromatic heterocycles. The average molecular weight is 841 g/mol. The summed E-state index contributed by atoms with van der Waals surface area (Å²) >= 11 is -4.66. The predicted octanol–water partition coefficient (Wildman–Crippen LogP) is 13.8. The molecule has 0 heterocycles. The van der Waals surface area contributed by atoms with Crippen LogP contribution in [0.4, 0.5) is 0 Å². The normalized spacial score (nSPS) is 16.2. The molecule has 0 saturated carbocycles. The van der Waals surface area contributed by atoms with Crippen molar-refractivity contribution in [1.82, 2.24) is 0 Å². The van der Waals surface area contributed by atoms with E-state index < -0.39 is 18.0 Å². The van der Waals surface area contributed by atoms with Gasteiger partial charge in [-0.15, -0.1) is 0 Å². The summed E-state index contributed by atoms with van der Waals surface area (Å²) in [6.07, 6.45) is 10.2. The van der Waals surface area contributed by atoms with Gasteiger partial charge in [0.2, 0.25) is 0 Å². The van der Waals surface area contributed by atoms with Crippen LogP contribution in [-0.4, -0.2) is 3.26 Å². The van der Waals surface area contributed by atoms with Gasteiger partial charge in [-0.1, -0.05) is 0 Å². The van der Waals surface area contributed by atoms with Crippen LogP contribution in [0.1, 0.15) is 74.1 Å². The van der Waals surface area contributed by atoms with Gasteiger partial charge < -0.3 is 0 Å². The van der Waals surface area contributed by atoms with Crippen LogP contribution in [0.15, 0.2) is 133 Å². The Labute approximate surface area is 312 Å². The van der Waals surface area contributed by atoms with Crippen molar-refractivity contribution in [3.8, 4) is 22.3 Å². The summed E-state index contributed by atoms with van der Waals surface area (Å²) in [5.41, 5.74) is 21.9. The molecule has 0 saturated heterocycles. The molecule has 258 valence electrons. The Hall–Kier alpha value is -4.46. The van der Waals surface area contributed by atoms with E-state index in [0.717, 1.165) is 0 Å². The van der Waals surface area contributed by atoms with Crippen molar-refractivity contribution in [3.63, 3.8) is 0 Å². The maximum absolute atomic E-state index is 4.66. The molecule has 2 aliphatic rings. The topological polar surface area (TPSA) is 0 Å². The molecule has 2 atom stereocenters. The van der Waals surface area contributed by atoms with Crippen LogP contribution < -0.4 is 0 Å². The number of hydrogen-bond donors (Lipinski definition) is 0. The first-order chi connectivity index (χ1) is 25.0. The molecule has 0 spiro atoms. The van der Waals surface area contributed by atoms with Crippen LogP contribution in [0, 0.1) is 41.5 Å². The van der Waals surface area contributed by atoms with Crippen molar-refractivity contribution in [2.45, 2.75) is 58.3 Å². The molecule has 0 N–H and O–H groups in total. The molecule has 0 fully saturated rings. The molecule has 8 rings (SSSR count). The van der Waals surface area contributed by atoms with Gasteiger partial charge in [-0.25, -0.2) is 0 Å². The van der Waals surface area contributed by atoms with E-state index in [1.807, 2.05) is 0 Å². The van der Waals surface area contributed by atoms with Crippen molar-refractivity contribution >= 4 is 15.4 Å². The predicted molar refractivity (Wildman–Crippen MR) is 224 cm³/mol. The Kier molecular flexibility index (Phi) is 8.58. The molecule has 2 aliphatic carbocycles. The molecule has 2 unspecified atom stereocenters. The minimum absolute atomic E-state index is 0.304. The summed E-state index contributed by atoms with van der Waals surface area (Å²) in [7, 11) is 0. The van der Waals surface area contributed by atoms with Gasteiger partial charge in [0.15, 0.2) is 0 Å². The molecular weight excluding hydrogens is 791 g/mol. The monoisotopic (exact) mass is 842 g/mol. The molecule has 0 bridgehead atoms. The zero-order valence-corrected chi connectivity index (χ0v) is 35.6. The Morgan fingerprint density at radius 3 is 1.13 bits per heavy atom. The number of hydrogen-bond acceptors (Lipinski definition) is 0. The first-order valence-electron chi connectivity index (χ1n) is 18.9. The molecule has 6 aromatic carbocycles. The number of fused-ring (bicyclic) bond motifs is 2. The van der Waals surface area contributed by atoms with Gasteiger partial charge in [0.05, 0.1) is 0 Å². The third kappa shape index (κ3) is 5.38. The van der Waals surface area contributed by atoms with Gasteiger partial charge in [-0.2, -0.15) is 0 Å². The van der Waals surface area contributed by atoms with Crippen molar-refractivity contribution in [2.75, 3.05) is 0 Å². The van der Waals surface area contributed by atoms with Crippen LogP contribution >= 0.6 is 0 Å². The molecule has 0 nitrogen and oxygen atoms in total. The number of aryl methyl sites for hydroxylation is 6. The third-order valence-corrected chi connectivity index (χ3v) is 37.9. The van der Waals surface area contributed by atoms with E-state index in [2.05, 4.69) is 197 Å². The molecule has 0 aliphatic heterocycles. The second kappa shape index (κ2) is 12.9. The van der Waals surface area contributed by atoms with E-state index in [9.17, 15) is 0 Å². The summed E-state index contributed by atoms with van der Waals surface area (Å²) < 4.78 is 7.78. The van der Waals surface area contributed by atoms with E-state index >= 15 is 0 Å². The quantitative estimate of drug-likeness (QED) is 0.147. The number of allylic oxidation sites excluding steroid dienone is 2. The van der Waals surface area contributed by atoms with Crippen LogP contribution in [0.3, 0.4) is 0 Å². The van der Waals surface area contributed by atoms with E-state index in [1.54, 1.807) is 3.26 Å². The zero-order valence-electron chi connectivity index (χ0n) is 32.0. The van der Waals surface area contributed by atoms with Crippen LogP contribution in [0.5, 0.6) is 0 Å². The molecule has 0 amide bonds. The first kappa shape index (κ1) is 34.6. The van der Waals surface area contributed by atoms with Crippen LogP contribution in [0.2, 0.25) is 9.36 Å². The summed E-state index contributed by atoms with van der Waals surface area (Å²) in [5, 5.41) is 0. The van der Waals surface area contributed by atoms with Gasteiger partial charge in [0.1, 0.15) is 0 Å². The summed E-state index contributed by atoms with van der Waals surface area (Å²) in [4.78, 5) is 0. The third-order valence-electron chi connectivity index (χ3n) is 12.7. The van der Waals surface area contributed by atoms with Gasteiger partial charge >= 0.3 is 314 Å². The van der Waals surface area contributed by atoms with Crippen molar-refractivity contribution in [2.24, 2.45) is 0 Å². The molecular formula is C51H50Hf. The number of benzene rings is 6. The average Bonchev–Trinajstić information content (AvgIpc) is 3.78. The zero-order chi connectivity index (χ0) is 36.4. The van der Waals surface area contributed by atoms with Gasteiger partial charge in [0.25, 0.3) is 0 Å². The maximum atomic E-state index is 2.79. The second-order valence-corrected chi connectivity index (χ2v) is 41.6. The Morgan fingerprint density at radius 2 is 0.769 bits per heavy atom. The van der Waals surface area contributed by atoms with E-state index in [1.165, 1.54) is 89.0 Å². The Bertz CT molecular complexity index is 2300. The molecule has 52 heavy (non-hydrogen) atoms. The van der Waals surface area contributed by atoms with Crippen molar-refractivity contribution in [1.29, 1.82) is 0 Å². The van der Waals surface area contributed by atoms with E-state index in [-0.39, 0.29) is 0 Å². The fourth-order valence-electron chi connectivity index (χ4n) is 10.2. The standard InChI is InChI=1S/2C17H15.C15H14.2CH3.Hf/c2*1-12-6-3-7-13(2)17(12)16-11-5-9-14-8-4-10-15(14)16;1-12-3-7-14(8-4-12)11-15-9-5-13(2)6-10-15;;;/h2*3-11H,1-2H3;3-10H,1-2H3;2*1H3;. The van der Waals surface area contributed by atoms with Gasteiger partial charge in [0, 0.05) is 0 Å². The molecule has 1 heteroatoms. The minimum atomic E-state index is -4.66. The summed E-state index contributed by atoms with van der Waals surface area (Å²) in [5.74, 6) is 0. The number of rotatable bonds is 6. The first-order valence-corrected chi connectivity index (χ1v) is 32.1. The molecule has 6 aromatic rings. The van der Waals surface area contributed by atoms with E-state index in [0.29, 0.717) is 7.35 Å².